The number of hydrogen-bond donors (Lipinski definition) is 0. The normalized spacial score (nSPS) is 15.3. The maximum atomic E-state index is 11.3. The Labute approximate surface area is 231 Å². The first-order valence-electron chi connectivity index (χ1n) is 11.1. The predicted molar refractivity (Wildman–Crippen MR) is 148 cm³/mol. The number of aromatic nitrogens is 1. The van der Waals surface area contributed by atoms with Crippen LogP contribution in [-0.4, -0.2) is 44.0 Å². The van der Waals surface area contributed by atoms with Gasteiger partial charge in [-0.05, 0) is 48.2 Å². The molecular formula is C23H20ClN2O6S5-. The van der Waals surface area contributed by atoms with Crippen molar-refractivity contribution in [2.45, 2.75) is 24.3 Å². The average molecular weight is 616 g/mol. The molecule has 2 aromatic carbocycles. The number of halogens is 1. The molecule has 196 valence electrons. The molecule has 2 aromatic heterocycles. The number of thiazole rings is 1. The number of benzene rings is 2. The molecule has 0 atom stereocenters. The fraction of sp³-hybridized carbons (Fsp3) is 0.261. The van der Waals surface area contributed by atoms with Gasteiger partial charge in [0.2, 0.25) is 5.52 Å². The van der Waals surface area contributed by atoms with Crippen molar-refractivity contribution >= 4 is 98.3 Å². The third kappa shape index (κ3) is 6.14. The molecule has 8 nitrogen and oxygen atoms in total. The summed E-state index contributed by atoms with van der Waals surface area (Å²) in [7, 11) is -8.69. The Kier molecular flexibility index (Phi) is 7.59. The number of nitrogens with zero attached hydrogens (tertiary/aromatic N) is 2. The van der Waals surface area contributed by atoms with E-state index >= 15 is 0 Å². The van der Waals surface area contributed by atoms with E-state index < -0.39 is 31.7 Å². The third-order valence-corrected chi connectivity index (χ3v) is 10.7. The van der Waals surface area contributed by atoms with Gasteiger partial charge in [-0.3, -0.25) is 0 Å². The summed E-state index contributed by atoms with van der Waals surface area (Å²) in [5, 5.41) is 5.29. The minimum atomic E-state index is -4.34. The zero-order valence-corrected chi connectivity index (χ0v) is 24.0. The molecule has 0 saturated carbocycles. The number of rotatable bonds is 9. The lowest BCUT2D eigenvalue weighted by Gasteiger charge is -2.20. The van der Waals surface area contributed by atoms with Crippen LogP contribution < -0.4 is 9.47 Å². The molecule has 0 N–H and O–H groups in total. The van der Waals surface area contributed by atoms with Crippen LogP contribution >= 0.6 is 46.0 Å². The summed E-state index contributed by atoms with van der Waals surface area (Å²) in [6.07, 6.45) is 2.31. The molecular weight excluding hydrogens is 596 g/mol. The van der Waals surface area contributed by atoms with E-state index in [1.165, 1.54) is 11.8 Å². The monoisotopic (exact) mass is 615 g/mol. The van der Waals surface area contributed by atoms with Crippen molar-refractivity contribution in [3.63, 3.8) is 0 Å². The van der Waals surface area contributed by atoms with Crippen molar-refractivity contribution < 1.29 is 30.5 Å². The van der Waals surface area contributed by atoms with E-state index in [9.17, 15) is 25.9 Å². The molecule has 0 fully saturated rings. The van der Waals surface area contributed by atoms with Gasteiger partial charge >= 0.3 is 0 Å². The first kappa shape index (κ1) is 26.9. The van der Waals surface area contributed by atoms with Crippen molar-refractivity contribution in [2.75, 3.05) is 23.0 Å². The molecule has 1 aliphatic rings. The highest BCUT2D eigenvalue weighted by atomic mass is 35.5. The van der Waals surface area contributed by atoms with Crippen LogP contribution in [0, 0.1) is 0 Å². The van der Waals surface area contributed by atoms with Gasteiger partial charge in [0.15, 0.2) is 6.54 Å². The number of aryl methyl sites for hydroxylation is 1. The SMILES string of the molecule is O=S(=O)([O-])CCCN1/C(=C/c2sc3ccc4sccc4c3[n+]2CCCS(=O)(=O)[O-])Sc2ccc(Cl)cc21. The minimum Gasteiger partial charge on any atom is -0.748 e. The van der Waals surface area contributed by atoms with Gasteiger partial charge in [-0.2, -0.15) is 4.57 Å². The average Bonchev–Trinajstić information content (AvgIpc) is 3.48. The molecule has 5 rings (SSSR count). The van der Waals surface area contributed by atoms with Gasteiger partial charge in [-0.15, -0.1) is 11.3 Å². The van der Waals surface area contributed by atoms with Crippen LogP contribution in [0.4, 0.5) is 5.69 Å². The molecule has 0 aliphatic carbocycles. The molecule has 4 aromatic rings. The summed E-state index contributed by atoms with van der Waals surface area (Å²) < 4.78 is 71.6. The Morgan fingerprint density at radius 2 is 1.70 bits per heavy atom. The van der Waals surface area contributed by atoms with Crippen LogP contribution in [0.15, 0.2) is 51.7 Å². The van der Waals surface area contributed by atoms with Crippen molar-refractivity contribution in [3.8, 4) is 0 Å². The molecule has 0 radical (unpaired) electrons. The van der Waals surface area contributed by atoms with Crippen LogP contribution in [0.1, 0.15) is 17.8 Å². The molecule has 37 heavy (non-hydrogen) atoms. The van der Waals surface area contributed by atoms with Crippen molar-refractivity contribution in [2.24, 2.45) is 0 Å². The molecule has 0 saturated heterocycles. The lowest BCUT2D eigenvalue weighted by molar-refractivity contribution is -0.667. The summed E-state index contributed by atoms with van der Waals surface area (Å²) in [4.78, 5) is 2.90. The number of hydrogen-bond acceptors (Lipinski definition) is 10. The van der Waals surface area contributed by atoms with E-state index in [1.807, 2.05) is 45.2 Å². The van der Waals surface area contributed by atoms with Gasteiger partial charge < -0.3 is 14.0 Å². The Bertz CT molecular complexity index is 1740. The van der Waals surface area contributed by atoms with Crippen molar-refractivity contribution in [1.82, 2.24) is 0 Å². The predicted octanol–water partition coefficient (Wildman–Crippen LogP) is 4.84. The molecule has 0 amide bonds. The second-order valence-electron chi connectivity index (χ2n) is 8.42. The number of anilines is 1. The topological polar surface area (TPSA) is 122 Å². The third-order valence-electron chi connectivity index (χ3n) is 5.81. The number of fused-ring (bicyclic) bond motifs is 4. The van der Waals surface area contributed by atoms with Crippen LogP contribution in [0.25, 0.3) is 26.4 Å². The quantitative estimate of drug-likeness (QED) is 0.194. The van der Waals surface area contributed by atoms with Crippen LogP contribution in [-0.2, 0) is 26.8 Å². The lowest BCUT2D eigenvalue weighted by Crippen LogP contribution is -2.36. The van der Waals surface area contributed by atoms with E-state index in [2.05, 4.69) is 6.07 Å². The Balaban J connectivity index is 1.58. The van der Waals surface area contributed by atoms with E-state index in [4.69, 9.17) is 11.6 Å². The summed E-state index contributed by atoms with van der Waals surface area (Å²) in [5.41, 5.74) is 1.81. The van der Waals surface area contributed by atoms with Crippen molar-refractivity contribution in [3.05, 3.63) is 56.8 Å². The number of thioether (sulfide) groups is 1. The van der Waals surface area contributed by atoms with Crippen LogP contribution in [0.5, 0.6) is 0 Å². The van der Waals surface area contributed by atoms with Gasteiger partial charge in [-0.25, -0.2) is 16.8 Å². The van der Waals surface area contributed by atoms with Gasteiger partial charge in [-0.1, -0.05) is 34.7 Å². The summed E-state index contributed by atoms with van der Waals surface area (Å²) in [5.74, 6) is -0.929. The highest BCUT2D eigenvalue weighted by molar-refractivity contribution is 8.04. The Hall–Kier alpha value is -1.71. The maximum absolute atomic E-state index is 11.3. The number of thiophene rings is 1. The molecule has 14 heteroatoms. The summed E-state index contributed by atoms with van der Waals surface area (Å²) in [6, 6.07) is 11.6. The zero-order valence-electron chi connectivity index (χ0n) is 19.1. The first-order chi connectivity index (χ1) is 17.5. The van der Waals surface area contributed by atoms with E-state index in [0.29, 0.717) is 18.1 Å². The van der Waals surface area contributed by atoms with Gasteiger partial charge in [0.25, 0.3) is 5.01 Å². The van der Waals surface area contributed by atoms with Crippen molar-refractivity contribution in [1.29, 1.82) is 0 Å². The van der Waals surface area contributed by atoms with E-state index in [-0.39, 0.29) is 12.8 Å². The smallest absolute Gasteiger partial charge is 0.265 e. The largest absolute Gasteiger partial charge is 0.748 e. The molecule has 0 spiro atoms. The highest BCUT2D eigenvalue weighted by Gasteiger charge is 2.29. The molecule has 3 heterocycles. The molecule has 0 unspecified atom stereocenters. The second-order valence-corrected chi connectivity index (χ2v) is 15.0. The van der Waals surface area contributed by atoms with E-state index in [1.54, 1.807) is 28.7 Å². The standard InChI is InChI=1S/C23H21ClN2O6S5/c24-15-3-4-19-17(13-15)25(8-1-11-36(27,28)29)21(34-19)14-22-26(9-2-12-37(30,31)32)23-16-7-10-33-18(16)5-6-20(23)35-22/h3-7,10,13-14H,1-2,8-9,11-12H2,(H-,27,28,29,30,31,32)/p-1. The second kappa shape index (κ2) is 10.5. The lowest BCUT2D eigenvalue weighted by atomic mass is 10.2. The van der Waals surface area contributed by atoms with Crippen LogP contribution in [0.2, 0.25) is 5.02 Å². The summed E-state index contributed by atoms with van der Waals surface area (Å²) in [6.45, 7) is 0.648. The fourth-order valence-electron chi connectivity index (χ4n) is 4.29. The highest BCUT2D eigenvalue weighted by Crippen LogP contribution is 2.48. The molecule has 1 aliphatic heterocycles. The zero-order chi connectivity index (χ0) is 26.4. The van der Waals surface area contributed by atoms with Crippen LogP contribution in [0.3, 0.4) is 0 Å². The van der Waals surface area contributed by atoms with Gasteiger partial charge in [0.1, 0.15) is 4.70 Å². The first-order valence-corrected chi connectivity index (χ1v) is 17.2. The maximum Gasteiger partial charge on any atom is 0.265 e. The summed E-state index contributed by atoms with van der Waals surface area (Å²) >= 11 is 10.9. The minimum absolute atomic E-state index is 0.152. The molecule has 0 bridgehead atoms. The Morgan fingerprint density at radius 3 is 2.46 bits per heavy atom. The Morgan fingerprint density at radius 1 is 0.973 bits per heavy atom. The van der Waals surface area contributed by atoms with Gasteiger partial charge in [0.05, 0.1) is 42.4 Å². The van der Waals surface area contributed by atoms with Gasteiger partial charge in [0, 0.05) is 39.1 Å². The fourth-order valence-corrected chi connectivity index (χ4v) is 8.54. The van der Waals surface area contributed by atoms with E-state index in [0.717, 1.165) is 40.9 Å².